The van der Waals surface area contributed by atoms with Crippen LogP contribution in [0, 0.1) is 0 Å². The molecule has 0 aliphatic heterocycles. The molecule has 3 N–H and O–H groups in total. The lowest BCUT2D eigenvalue weighted by atomic mass is 9.89. The van der Waals surface area contributed by atoms with Crippen LogP contribution in [-0.4, -0.2) is 17.3 Å². The van der Waals surface area contributed by atoms with Crippen LogP contribution in [-0.2, 0) is 0 Å². The van der Waals surface area contributed by atoms with Crippen molar-refractivity contribution in [2.45, 2.75) is 238 Å². The Labute approximate surface area is 254 Å². The van der Waals surface area contributed by atoms with Crippen molar-refractivity contribution in [2.24, 2.45) is 5.73 Å². The average molecular weight is 566 g/mol. The first-order valence-corrected chi connectivity index (χ1v) is 19.1. The fourth-order valence-electron chi connectivity index (χ4n) is 6.33. The van der Waals surface area contributed by atoms with E-state index >= 15 is 0 Å². The van der Waals surface area contributed by atoms with E-state index in [2.05, 4.69) is 13.8 Å². The van der Waals surface area contributed by atoms with Gasteiger partial charge in [0.05, 0.1) is 5.60 Å². The summed E-state index contributed by atoms with van der Waals surface area (Å²) in [5, 5.41) is 10.9. The minimum absolute atomic E-state index is 0.435. The van der Waals surface area contributed by atoms with E-state index in [4.69, 9.17) is 5.73 Å². The van der Waals surface area contributed by atoms with E-state index < -0.39 is 5.60 Å². The van der Waals surface area contributed by atoms with Gasteiger partial charge in [-0.25, -0.2) is 0 Å². The Morgan fingerprint density at radius 3 is 0.675 bits per heavy atom. The molecule has 0 bridgehead atoms. The lowest BCUT2D eigenvalue weighted by molar-refractivity contribution is 0.0264. The molecule has 0 atom stereocenters. The Kier molecular flexibility index (Phi) is 33.4. The predicted molar refractivity (Wildman–Crippen MR) is 182 cm³/mol. The number of hydrogen-bond acceptors (Lipinski definition) is 2. The first kappa shape index (κ1) is 39.9. The smallest absolute Gasteiger partial charge is 0.0769 e. The van der Waals surface area contributed by atoms with E-state index in [1.54, 1.807) is 0 Å². The molecule has 0 aromatic carbocycles. The van der Waals surface area contributed by atoms with E-state index in [9.17, 15) is 5.11 Å². The van der Waals surface area contributed by atoms with Gasteiger partial charge in [0.25, 0.3) is 0 Å². The van der Waals surface area contributed by atoms with E-state index in [0.29, 0.717) is 6.54 Å². The van der Waals surface area contributed by atoms with Gasteiger partial charge in [0.1, 0.15) is 0 Å². The highest BCUT2D eigenvalue weighted by molar-refractivity contribution is 4.79. The summed E-state index contributed by atoms with van der Waals surface area (Å²) in [4.78, 5) is 0. The zero-order valence-corrected chi connectivity index (χ0v) is 28.3. The monoisotopic (exact) mass is 566 g/mol. The highest BCUT2D eigenvalue weighted by Crippen LogP contribution is 2.23. The van der Waals surface area contributed by atoms with Gasteiger partial charge < -0.3 is 10.8 Å². The van der Waals surface area contributed by atoms with Crippen LogP contribution in [0.1, 0.15) is 232 Å². The fourth-order valence-corrected chi connectivity index (χ4v) is 6.33. The second-order valence-electron chi connectivity index (χ2n) is 13.5. The van der Waals surface area contributed by atoms with Crippen LogP contribution in [0.2, 0.25) is 0 Å². The van der Waals surface area contributed by atoms with Crippen LogP contribution in [0.15, 0.2) is 0 Å². The van der Waals surface area contributed by atoms with Gasteiger partial charge in [-0.1, -0.05) is 219 Å². The van der Waals surface area contributed by atoms with Crippen LogP contribution in [0.4, 0.5) is 0 Å². The minimum Gasteiger partial charge on any atom is -0.389 e. The third-order valence-electron chi connectivity index (χ3n) is 9.37. The second kappa shape index (κ2) is 33.4. The molecule has 0 amide bonds. The Morgan fingerprint density at radius 2 is 0.500 bits per heavy atom. The number of aliphatic hydroxyl groups is 1. The number of hydrogen-bond donors (Lipinski definition) is 2. The number of nitrogens with two attached hydrogens (primary N) is 1. The molecule has 2 heteroatoms. The van der Waals surface area contributed by atoms with Crippen LogP contribution in [0.3, 0.4) is 0 Å². The second-order valence-corrected chi connectivity index (χ2v) is 13.5. The van der Waals surface area contributed by atoms with Gasteiger partial charge in [-0.15, -0.1) is 0 Å². The van der Waals surface area contributed by atoms with E-state index in [1.807, 2.05) is 0 Å². The van der Waals surface area contributed by atoms with Gasteiger partial charge in [-0.2, -0.15) is 0 Å². The van der Waals surface area contributed by atoms with Crippen molar-refractivity contribution in [1.82, 2.24) is 0 Å². The molecule has 0 fully saturated rings. The van der Waals surface area contributed by atoms with E-state index in [0.717, 1.165) is 25.7 Å². The van der Waals surface area contributed by atoms with Crippen molar-refractivity contribution in [3.8, 4) is 0 Å². The van der Waals surface area contributed by atoms with Crippen molar-refractivity contribution in [3.63, 3.8) is 0 Å². The molecule has 0 spiro atoms. The Balaban J connectivity index is 3.38. The fraction of sp³-hybridized carbons (Fsp3) is 1.00. The topological polar surface area (TPSA) is 46.2 Å². The normalized spacial score (nSPS) is 12.0. The van der Waals surface area contributed by atoms with Crippen molar-refractivity contribution in [1.29, 1.82) is 0 Å². The van der Waals surface area contributed by atoms with Crippen LogP contribution in [0.5, 0.6) is 0 Å². The minimum atomic E-state index is -0.605. The lowest BCUT2D eigenvalue weighted by Crippen LogP contribution is -2.37. The molecule has 40 heavy (non-hydrogen) atoms. The molecular formula is C38H79NO. The molecule has 0 heterocycles. The Morgan fingerprint density at radius 1 is 0.325 bits per heavy atom. The maximum absolute atomic E-state index is 10.9. The SMILES string of the molecule is CCCCCCCCCCCCCCCCCCC(O)(CN)CCCCCCCCCCCCCCCCCC. The van der Waals surface area contributed by atoms with Crippen molar-refractivity contribution >= 4 is 0 Å². The molecule has 0 radical (unpaired) electrons. The molecule has 242 valence electrons. The summed E-state index contributed by atoms with van der Waals surface area (Å²) < 4.78 is 0. The maximum Gasteiger partial charge on any atom is 0.0769 e. The predicted octanol–water partition coefficient (Wildman–Crippen LogP) is 13.0. The van der Waals surface area contributed by atoms with Crippen LogP contribution < -0.4 is 5.73 Å². The zero-order valence-electron chi connectivity index (χ0n) is 28.3. The van der Waals surface area contributed by atoms with Gasteiger partial charge in [-0.3, -0.25) is 0 Å². The summed E-state index contributed by atoms with van der Waals surface area (Å²) in [7, 11) is 0. The third kappa shape index (κ3) is 30.9. The number of unbranched alkanes of at least 4 members (excludes halogenated alkanes) is 30. The number of rotatable bonds is 35. The highest BCUT2D eigenvalue weighted by atomic mass is 16.3. The average Bonchev–Trinajstić information content (AvgIpc) is 2.96. The van der Waals surface area contributed by atoms with Crippen molar-refractivity contribution in [3.05, 3.63) is 0 Å². The zero-order chi connectivity index (χ0) is 29.2. The van der Waals surface area contributed by atoms with Gasteiger partial charge in [-0.05, 0) is 12.8 Å². The first-order valence-electron chi connectivity index (χ1n) is 19.1. The molecule has 0 aliphatic rings. The highest BCUT2D eigenvalue weighted by Gasteiger charge is 2.23. The van der Waals surface area contributed by atoms with Crippen molar-refractivity contribution in [2.75, 3.05) is 6.54 Å². The summed E-state index contributed by atoms with van der Waals surface area (Å²) in [5.74, 6) is 0. The molecule has 0 aromatic rings. The van der Waals surface area contributed by atoms with E-state index in [1.165, 1.54) is 193 Å². The summed E-state index contributed by atoms with van der Waals surface area (Å²) in [6, 6.07) is 0. The molecule has 0 saturated carbocycles. The van der Waals surface area contributed by atoms with Gasteiger partial charge in [0, 0.05) is 6.54 Å². The van der Waals surface area contributed by atoms with Crippen molar-refractivity contribution < 1.29 is 5.11 Å². The summed E-state index contributed by atoms with van der Waals surface area (Å²) in [6.45, 7) is 5.03. The Bertz CT molecular complexity index is 415. The standard InChI is InChI=1S/C38H79NO/c1-3-5-7-9-11-13-15-17-19-21-23-25-27-29-31-33-35-38(40,37-39)36-34-32-30-28-26-24-22-20-18-16-14-12-10-8-6-4-2/h40H,3-37,39H2,1-2H3. The van der Waals surface area contributed by atoms with Gasteiger partial charge in [0.15, 0.2) is 0 Å². The van der Waals surface area contributed by atoms with E-state index in [-0.39, 0.29) is 0 Å². The molecule has 2 nitrogen and oxygen atoms in total. The van der Waals surface area contributed by atoms with Crippen LogP contribution >= 0.6 is 0 Å². The Hall–Kier alpha value is -0.0800. The molecule has 0 rings (SSSR count). The first-order chi connectivity index (χ1) is 19.7. The molecule has 0 aromatic heterocycles. The lowest BCUT2D eigenvalue weighted by Gasteiger charge is -2.26. The third-order valence-corrected chi connectivity index (χ3v) is 9.37. The summed E-state index contributed by atoms with van der Waals surface area (Å²) >= 11 is 0. The maximum atomic E-state index is 10.9. The largest absolute Gasteiger partial charge is 0.389 e. The van der Waals surface area contributed by atoms with Gasteiger partial charge >= 0.3 is 0 Å². The quantitative estimate of drug-likeness (QED) is 0.0750. The summed E-state index contributed by atoms with van der Waals surface area (Å²) in [5.41, 5.74) is 5.38. The van der Waals surface area contributed by atoms with Crippen LogP contribution in [0.25, 0.3) is 0 Å². The molecule has 0 unspecified atom stereocenters. The van der Waals surface area contributed by atoms with Gasteiger partial charge in [0.2, 0.25) is 0 Å². The summed E-state index contributed by atoms with van der Waals surface area (Å²) in [6.07, 6.45) is 46.4. The molecule has 0 saturated heterocycles. The molecular weight excluding hydrogens is 486 g/mol. The molecule has 0 aliphatic carbocycles.